The molecule has 3 nitrogen and oxygen atoms in total. The van der Waals surface area contributed by atoms with E-state index in [1.54, 1.807) is 4.68 Å². The summed E-state index contributed by atoms with van der Waals surface area (Å²) < 4.78 is 1.79. The molecule has 0 saturated carbocycles. The fourth-order valence-electron chi connectivity index (χ4n) is 1.59. The van der Waals surface area contributed by atoms with Crippen LogP contribution >= 0.6 is 0 Å². The lowest BCUT2D eigenvalue weighted by atomic mass is 10.1. The zero-order valence-corrected chi connectivity index (χ0v) is 9.77. The zero-order chi connectivity index (χ0) is 11.4. The maximum Gasteiger partial charge on any atom is 0.148 e. The molecule has 0 amide bonds. The normalized spacial score (nSPS) is 10.4. The van der Waals surface area contributed by atoms with Gasteiger partial charge < -0.3 is 5.32 Å². The number of aromatic nitrogens is 2. The lowest BCUT2D eigenvalue weighted by Gasteiger charge is -2.04. The molecule has 2 aromatic rings. The topological polar surface area (TPSA) is 29.9 Å². The number of aryl methyl sites for hydroxylation is 2. The van der Waals surface area contributed by atoms with E-state index in [2.05, 4.69) is 41.6 Å². The van der Waals surface area contributed by atoms with Crippen molar-refractivity contribution in [2.75, 3.05) is 5.32 Å². The van der Waals surface area contributed by atoms with Gasteiger partial charge in [0.25, 0.3) is 0 Å². The Bertz CT molecular complexity index is 442. The summed E-state index contributed by atoms with van der Waals surface area (Å²) in [5.74, 6) is 0.919. The highest BCUT2D eigenvalue weighted by molar-refractivity contribution is 5.34. The standard InChI is InChI=1S/C13H17N3/c1-3-11-4-6-12(7-5-11)10-14-13-8-9-16(2)15-13/h4-9H,3,10H2,1-2H3,(H,14,15). The second-order valence-corrected chi connectivity index (χ2v) is 3.90. The van der Waals surface area contributed by atoms with E-state index in [-0.39, 0.29) is 0 Å². The molecule has 0 bridgehead atoms. The van der Waals surface area contributed by atoms with Crippen molar-refractivity contribution in [3.63, 3.8) is 0 Å². The molecular weight excluding hydrogens is 198 g/mol. The van der Waals surface area contributed by atoms with Gasteiger partial charge in [-0.1, -0.05) is 31.2 Å². The first-order chi connectivity index (χ1) is 7.78. The summed E-state index contributed by atoms with van der Waals surface area (Å²) in [6.45, 7) is 2.99. The molecule has 0 unspecified atom stereocenters. The van der Waals surface area contributed by atoms with Gasteiger partial charge in [0.15, 0.2) is 0 Å². The smallest absolute Gasteiger partial charge is 0.148 e. The first-order valence-electron chi connectivity index (χ1n) is 5.59. The predicted molar refractivity (Wildman–Crippen MR) is 66.4 cm³/mol. The van der Waals surface area contributed by atoms with Gasteiger partial charge in [0, 0.05) is 25.9 Å². The predicted octanol–water partition coefficient (Wildman–Crippen LogP) is 2.59. The number of nitrogens with zero attached hydrogens (tertiary/aromatic N) is 2. The Balaban J connectivity index is 1.94. The highest BCUT2D eigenvalue weighted by Gasteiger charge is 1.96. The van der Waals surface area contributed by atoms with Gasteiger partial charge in [-0.2, -0.15) is 5.10 Å². The Morgan fingerprint density at radius 3 is 2.38 bits per heavy atom. The van der Waals surface area contributed by atoms with E-state index < -0.39 is 0 Å². The van der Waals surface area contributed by atoms with Gasteiger partial charge >= 0.3 is 0 Å². The minimum atomic E-state index is 0.820. The van der Waals surface area contributed by atoms with Gasteiger partial charge in [0.05, 0.1) is 0 Å². The fraction of sp³-hybridized carbons (Fsp3) is 0.308. The number of rotatable bonds is 4. The van der Waals surface area contributed by atoms with Crippen LogP contribution < -0.4 is 5.32 Å². The highest BCUT2D eigenvalue weighted by atomic mass is 15.3. The van der Waals surface area contributed by atoms with E-state index in [1.807, 2.05) is 19.3 Å². The van der Waals surface area contributed by atoms with Crippen LogP contribution in [0.25, 0.3) is 0 Å². The van der Waals surface area contributed by atoms with E-state index in [0.717, 1.165) is 18.8 Å². The van der Waals surface area contributed by atoms with Crippen molar-refractivity contribution >= 4 is 5.82 Å². The van der Waals surface area contributed by atoms with Crippen molar-refractivity contribution in [1.29, 1.82) is 0 Å². The first kappa shape index (κ1) is 10.7. The van der Waals surface area contributed by atoms with Crippen LogP contribution in [-0.4, -0.2) is 9.78 Å². The van der Waals surface area contributed by atoms with Crippen molar-refractivity contribution in [3.05, 3.63) is 47.7 Å². The molecule has 0 aliphatic carbocycles. The number of hydrogen-bond acceptors (Lipinski definition) is 2. The molecule has 0 aliphatic rings. The molecule has 3 heteroatoms. The second-order valence-electron chi connectivity index (χ2n) is 3.90. The summed E-state index contributed by atoms with van der Waals surface area (Å²) >= 11 is 0. The molecule has 1 aromatic carbocycles. The fourth-order valence-corrected chi connectivity index (χ4v) is 1.59. The van der Waals surface area contributed by atoms with E-state index >= 15 is 0 Å². The zero-order valence-electron chi connectivity index (χ0n) is 9.77. The Morgan fingerprint density at radius 2 is 1.81 bits per heavy atom. The molecule has 0 saturated heterocycles. The molecule has 0 atom stereocenters. The molecule has 0 radical (unpaired) electrons. The van der Waals surface area contributed by atoms with Crippen molar-refractivity contribution in [3.8, 4) is 0 Å². The average molecular weight is 215 g/mol. The van der Waals surface area contributed by atoms with Gasteiger partial charge in [-0.05, 0) is 17.5 Å². The minimum Gasteiger partial charge on any atom is -0.365 e. The molecule has 2 rings (SSSR count). The maximum atomic E-state index is 4.27. The molecule has 1 aromatic heterocycles. The molecule has 0 aliphatic heterocycles. The van der Waals surface area contributed by atoms with Crippen LogP contribution in [0.3, 0.4) is 0 Å². The molecule has 84 valence electrons. The van der Waals surface area contributed by atoms with Gasteiger partial charge in [-0.15, -0.1) is 0 Å². The number of anilines is 1. The molecule has 0 fully saturated rings. The lowest BCUT2D eigenvalue weighted by Crippen LogP contribution is -2.00. The van der Waals surface area contributed by atoms with E-state index in [9.17, 15) is 0 Å². The maximum absolute atomic E-state index is 4.27. The van der Waals surface area contributed by atoms with Crippen LogP contribution in [0.4, 0.5) is 5.82 Å². The number of nitrogens with one attached hydrogen (secondary N) is 1. The quantitative estimate of drug-likeness (QED) is 0.849. The third-order valence-corrected chi connectivity index (χ3v) is 2.62. The molecule has 1 heterocycles. The molecule has 1 N–H and O–H groups in total. The van der Waals surface area contributed by atoms with Crippen LogP contribution in [0.1, 0.15) is 18.1 Å². The second kappa shape index (κ2) is 4.84. The van der Waals surface area contributed by atoms with Crippen molar-refractivity contribution in [1.82, 2.24) is 9.78 Å². The van der Waals surface area contributed by atoms with Crippen LogP contribution in [0, 0.1) is 0 Å². The first-order valence-corrected chi connectivity index (χ1v) is 5.59. The number of benzene rings is 1. The molecule has 0 spiro atoms. The summed E-state index contributed by atoms with van der Waals surface area (Å²) in [6, 6.07) is 10.6. The third kappa shape index (κ3) is 2.63. The van der Waals surface area contributed by atoms with Crippen molar-refractivity contribution in [2.24, 2.45) is 7.05 Å². The van der Waals surface area contributed by atoms with Crippen molar-refractivity contribution < 1.29 is 0 Å². The largest absolute Gasteiger partial charge is 0.365 e. The van der Waals surface area contributed by atoms with Gasteiger partial charge in [0.2, 0.25) is 0 Å². The highest BCUT2D eigenvalue weighted by Crippen LogP contribution is 2.08. The van der Waals surface area contributed by atoms with Crippen LogP contribution in [0.15, 0.2) is 36.5 Å². The Kier molecular flexibility index (Phi) is 3.25. The van der Waals surface area contributed by atoms with Crippen LogP contribution in [-0.2, 0) is 20.0 Å². The summed E-state index contributed by atoms with van der Waals surface area (Å²) in [6.07, 6.45) is 3.02. The van der Waals surface area contributed by atoms with Gasteiger partial charge in [-0.3, -0.25) is 4.68 Å². The Hall–Kier alpha value is -1.77. The summed E-state index contributed by atoms with van der Waals surface area (Å²) in [5, 5.41) is 7.55. The Morgan fingerprint density at radius 1 is 1.12 bits per heavy atom. The van der Waals surface area contributed by atoms with E-state index in [4.69, 9.17) is 0 Å². The summed E-state index contributed by atoms with van der Waals surface area (Å²) in [7, 11) is 1.92. The van der Waals surface area contributed by atoms with Crippen molar-refractivity contribution in [2.45, 2.75) is 19.9 Å². The number of hydrogen-bond donors (Lipinski definition) is 1. The van der Waals surface area contributed by atoms with Gasteiger partial charge in [-0.25, -0.2) is 0 Å². The SMILES string of the molecule is CCc1ccc(CNc2ccn(C)n2)cc1. The monoisotopic (exact) mass is 215 g/mol. The third-order valence-electron chi connectivity index (χ3n) is 2.62. The average Bonchev–Trinajstić information content (AvgIpc) is 2.73. The Labute approximate surface area is 96.1 Å². The minimum absolute atomic E-state index is 0.820. The summed E-state index contributed by atoms with van der Waals surface area (Å²) in [4.78, 5) is 0. The van der Waals surface area contributed by atoms with E-state index in [1.165, 1.54) is 11.1 Å². The van der Waals surface area contributed by atoms with E-state index in [0.29, 0.717) is 0 Å². The van der Waals surface area contributed by atoms with Crippen LogP contribution in [0.5, 0.6) is 0 Å². The summed E-state index contributed by atoms with van der Waals surface area (Å²) in [5.41, 5.74) is 2.66. The van der Waals surface area contributed by atoms with Gasteiger partial charge in [0.1, 0.15) is 5.82 Å². The molecule has 16 heavy (non-hydrogen) atoms. The van der Waals surface area contributed by atoms with Crippen LogP contribution in [0.2, 0.25) is 0 Å². The lowest BCUT2D eigenvalue weighted by molar-refractivity contribution is 0.768. The molecular formula is C13H17N3.